The van der Waals surface area contributed by atoms with Crippen molar-refractivity contribution < 1.29 is 19.1 Å². The molecule has 11 heteroatoms. The lowest BCUT2D eigenvalue weighted by Gasteiger charge is -2.36. The van der Waals surface area contributed by atoms with Crippen molar-refractivity contribution in [2.75, 3.05) is 51.3 Å². The molecule has 2 fully saturated rings. The Morgan fingerprint density at radius 2 is 1.55 bits per heavy atom. The zero-order valence-electron chi connectivity index (χ0n) is 23.6. The molecule has 0 saturated carbocycles. The normalized spacial score (nSPS) is 16.6. The predicted octanol–water partition coefficient (Wildman–Crippen LogP) is 3.75. The van der Waals surface area contributed by atoms with Crippen LogP contribution in [0, 0.1) is 0 Å². The van der Waals surface area contributed by atoms with Crippen LogP contribution in [0.15, 0.2) is 48.9 Å². The summed E-state index contributed by atoms with van der Waals surface area (Å²) in [6.07, 6.45) is 6.27. The SMILES string of the molecule is COc1ccc(-n2ncc(C(=O)N3CCN(c4ncccn4)CC3)c2C2CCN(C(=O)OC(C)(C)C)CC2)cc1. The van der Waals surface area contributed by atoms with Crippen LogP contribution in [0.4, 0.5) is 10.7 Å². The summed E-state index contributed by atoms with van der Waals surface area (Å²) in [4.78, 5) is 41.0. The van der Waals surface area contributed by atoms with E-state index in [4.69, 9.17) is 14.6 Å². The van der Waals surface area contributed by atoms with Crippen molar-refractivity contribution in [1.29, 1.82) is 0 Å². The van der Waals surface area contributed by atoms with Gasteiger partial charge in [-0.25, -0.2) is 19.4 Å². The Labute approximate surface area is 234 Å². The number of piperazine rings is 1. The molecule has 2 amide bonds. The Bertz CT molecular complexity index is 1300. The number of anilines is 1. The number of nitrogens with zero attached hydrogens (tertiary/aromatic N) is 7. The Balaban J connectivity index is 1.37. The molecule has 5 rings (SSSR count). The number of aromatic nitrogens is 4. The number of amides is 2. The number of likely N-dealkylation sites (tertiary alicyclic amines) is 1. The fourth-order valence-electron chi connectivity index (χ4n) is 5.24. The number of piperidine rings is 1. The van der Waals surface area contributed by atoms with Gasteiger partial charge in [0, 0.05) is 57.6 Å². The lowest BCUT2D eigenvalue weighted by molar-refractivity contribution is 0.0203. The summed E-state index contributed by atoms with van der Waals surface area (Å²) in [7, 11) is 1.63. The maximum Gasteiger partial charge on any atom is 0.410 e. The van der Waals surface area contributed by atoms with Crippen LogP contribution < -0.4 is 9.64 Å². The third kappa shape index (κ3) is 6.03. The first-order chi connectivity index (χ1) is 19.2. The zero-order valence-corrected chi connectivity index (χ0v) is 23.6. The number of carbonyl (C=O) groups excluding carboxylic acids is 2. The standard InChI is InChI=1S/C29H37N7O4/c1-29(2,3)40-28(38)35-14-10-21(11-15-35)25-24(20-32-36(25)22-6-8-23(39-4)9-7-22)26(37)33-16-18-34(19-17-33)27-30-12-5-13-31-27/h5-9,12-13,20-21H,10-11,14-19H2,1-4H3. The van der Waals surface area contributed by atoms with Gasteiger partial charge < -0.3 is 24.2 Å². The first-order valence-corrected chi connectivity index (χ1v) is 13.7. The van der Waals surface area contributed by atoms with Crippen LogP contribution in [-0.2, 0) is 4.74 Å². The van der Waals surface area contributed by atoms with Crippen molar-refractivity contribution in [1.82, 2.24) is 29.5 Å². The molecular formula is C29H37N7O4. The van der Waals surface area contributed by atoms with Crippen LogP contribution in [0.25, 0.3) is 5.69 Å². The minimum atomic E-state index is -0.544. The number of hydrogen-bond donors (Lipinski definition) is 0. The fraction of sp³-hybridized carbons (Fsp3) is 0.483. The lowest BCUT2D eigenvalue weighted by Crippen LogP contribution is -2.49. The molecule has 212 valence electrons. The van der Waals surface area contributed by atoms with E-state index in [9.17, 15) is 9.59 Å². The van der Waals surface area contributed by atoms with Crippen LogP contribution in [0.5, 0.6) is 5.75 Å². The smallest absolute Gasteiger partial charge is 0.410 e. The van der Waals surface area contributed by atoms with E-state index in [1.54, 1.807) is 36.7 Å². The highest BCUT2D eigenvalue weighted by atomic mass is 16.6. The lowest BCUT2D eigenvalue weighted by atomic mass is 9.90. The molecule has 3 aromatic rings. The average Bonchev–Trinajstić information content (AvgIpc) is 3.42. The minimum absolute atomic E-state index is 0.0297. The van der Waals surface area contributed by atoms with Crippen molar-refractivity contribution in [3.05, 3.63) is 60.2 Å². The molecule has 0 N–H and O–H groups in total. The van der Waals surface area contributed by atoms with E-state index in [-0.39, 0.29) is 17.9 Å². The highest BCUT2D eigenvalue weighted by Gasteiger charge is 2.34. The molecule has 0 atom stereocenters. The van der Waals surface area contributed by atoms with Crippen molar-refractivity contribution >= 4 is 17.9 Å². The van der Waals surface area contributed by atoms with Gasteiger partial charge in [0.2, 0.25) is 5.95 Å². The molecule has 0 spiro atoms. The van der Waals surface area contributed by atoms with Gasteiger partial charge in [0.1, 0.15) is 11.4 Å². The van der Waals surface area contributed by atoms with E-state index in [0.29, 0.717) is 63.6 Å². The molecule has 0 aliphatic carbocycles. The van der Waals surface area contributed by atoms with Gasteiger partial charge in [-0.1, -0.05) is 0 Å². The van der Waals surface area contributed by atoms with Crippen molar-refractivity contribution in [3.63, 3.8) is 0 Å². The number of carbonyl (C=O) groups is 2. The van der Waals surface area contributed by atoms with Gasteiger partial charge >= 0.3 is 6.09 Å². The second-order valence-corrected chi connectivity index (χ2v) is 11.1. The van der Waals surface area contributed by atoms with E-state index in [0.717, 1.165) is 17.1 Å². The second-order valence-electron chi connectivity index (χ2n) is 11.1. The Hall–Kier alpha value is -4.15. The number of methoxy groups -OCH3 is 1. The Morgan fingerprint density at radius 1 is 0.900 bits per heavy atom. The quantitative estimate of drug-likeness (QED) is 0.476. The summed E-state index contributed by atoms with van der Waals surface area (Å²) >= 11 is 0. The van der Waals surface area contributed by atoms with Gasteiger partial charge in [-0.05, 0) is 63.9 Å². The highest BCUT2D eigenvalue weighted by molar-refractivity contribution is 5.95. The van der Waals surface area contributed by atoms with Crippen LogP contribution in [0.1, 0.15) is 55.6 Å². The van der Waals surface area contributed by atoms with E-state index < -0.39 is 5.60 Å². The van der Waals surface area contributed by atoms with E-state index in [1.165, 1.54) is 0 Å². The third-order valence-electron chi connectivity index (χ3n) is 7.29. The molecule has 2 saturated heterocycles. The average molecular weight is 548 g/mol. The molecule has 0 radical (unpaired) electrons. The monoisotopic (exact) mass is 547 g/mol. The molecule has 0 unspecified atom stereocenters. The van der Waals surface area contributed by atoms with Gasteiger partial charge in [-0.2, -0.15) is 5.10 Å². The topological polar surface area (TPSA) is 106 Å². The Morgan fingerprint density at radius 3 is 2.15 bits per heavy atom. The largest absolute Gasteiger partial charge is 0.497 e. The van der Waals surface area contributed by atoms with Gasteiger partial charge in [0.05, 0.1) is 30.3 Å². The first kappa shape index (κ1) is 27.4. The van der Waals surface area contributed by atoms with E-state index in [1.807, 2.05) is 54.6 Å². The van der Waals surface area contributed by atoms with Crippen molar-refractivity contribution in [2.45, 2.75) is 45.1 Å². The van der Waals surface area contributed by atoms with Crippen LogP contribution in [-0.4, -0.2) is 93.5 Å². The van der Waals surface area contributed by atoms with Crippen molar-refractivity contribution in [2.24, 2.45) is 0 Å². The summed E-state index contributed by atoms with van der Waals surface area (Å²) in [5.41, 5.74) is 1.80. The number of benzene rings is 1. The summed E-state index contributed by atoms with van der Waals surface area (Å²) in [6, 6.07) is 9.45. The zero-order chi connectivity index (χ0) is 28.3. The predicted molar refractivity (Wildman–Crippen MR) is 150 cm³/mol. The molecule has 1 aromatic carbocycles. The molecule has 2 aromatic heterocycles. The maximum absolute atomic E-state index is 13.9. The number of rotatable bonds is 5. The van der Waals surface area contributed by atoms with Crippen LogP contribution in [0.3, 0.4) is 0 Å². The van der Waals surface area contributed by atoms with Gasteiger partial charge in [0.25, 0.3) is 5.91 Å². The summed E-state index contributed by atoms with van der Waals surface area (Å²) in [5.74, 6) is 1.46. The van der Waals surface area contributed by atoms with E-state index in [2.05, 4.69) is 14.9 Å². The minimum Gasteiger partial charge on any atom is -0.497 e. The number of ether oxygens (including phenoxy) is 2. The Kier molecular flexibility index (Phi) is 7.90. The number of hydrogen-bond acceptors (Lipinski definition) is 8. The molecule has 2 aliphatic heterocycles. The van der Waals surface area contributed by atoms with Crippen molar-refractivity contribution in [3.8, 4) is 11.4 Å². The highest BCUT2D eigenvalue weighted by Crippen LogP contribution is 2.34. The van der Waals surface area contributed by atoms with Crippen LogP contribution in [0.2, 0.25) is 0 Å². The molecule has 4 heterocycles. The fourth-order valence-corrected chi connectivity index (χ4v) is 5.24. The van der Waals surface area contributed by atoms with Gasteiger partial charge in [-0.3, -0.25) is 4.79 Å². The molecule has 11 nitrogen and oxygen atoms in total. The second kappa shape index (κ2) is 11.5. The summed E-state index contributed by atoms with van der Waals surface area (Å²) in [5, 5.41) is 4.69. The maximum atomic E-state index is 13.9. The van der Waals surface area contributed by atoms with Crippen LogP contribution >= 0.6 is 0 Å². The van der Waals surface area contributed by atoms with E-state index >= 15 is 0 Å². The molecule has 0 bridgehead atoms. The first-order valence-electron chi connectivity index (χ1n) is 13.7. The molecule has 40 heavy (non-hydrogen) atoms. The summed E-state index contributed by atoms with van der Waals surface area (Å²) < 4.78 is 12.8. The molecular weight excluding hydrogens is 510 g/mol. The third-order valence-corrected chi connectivity index (χ3v) is 7.29. The molecule has 2 aliphatic rings. The summed E-state index contributed by atoms with van der Waals surface area (Å²) in [6.45, 7) is 9.18. The van der Waals surface area contributed by atoms with Gasteiger partial charge in [-0.15, -0.1) is 0 Å². The van der Waals surface area contributed by atoms with Gasteiger partial charge in [0.15, 0.2) is 0 Å².